The highest BCUT2D eigenvalue weighted by atomic mass is 32.2. The van der Waals surface area contributed by atoms with Crippen molar-refractivity contribution >= 4 is 37.5 Å². The van der Waals surface area contributed by atoms with Gasteiger partial charge in [-0.2, -0.15) is 4.31 Å². The molecule has 1 atom stereocenters. The van der Waals surface area contributed by atoms with E-state index in [0.29, 0.717) is 31.7 Å². The zero-order valence-electron chi connectivity index (χ0n) is 18.9. The second-order valence-electron chi connectivity index (χ2n) is 9.05. The number of hydrogen-bond acceptors (Lipinski definition) is 5. The average molecular weight is 484 g/mol. The van der Waals surface area contributed by atoms with Gasteiger partial charge in [-0.25, -0.2) is 13.4 Å². The molecule has 0 N–H and O–H groups in total. The van der Waals surface area contributed by atoms with Gasteiger partial charge in [0.05, 0.1) is 20.1 Å². The van der Waals surface area contributed by atoms with Crippen LogP contribution in [0.15, 0.2) is 47.4 Å². The Kier molecular flexibility index (Phi) is 6.24. The number of likely N-dealkylation sites (tertiary alicyclic amines) is 1. The van der Waals surface area contributed by atoms with Gasteiger partial charge < -0.3 is 4.90 Å². The maximum Gasteiger partial charge on any atom is 0.254 e. The second-order valence-corrected chi connectivity index (χ2v) is 12.1. The Morgan fingerprint density at radius 1 is 1.03 bits per heavy atom. The van der Waals surface area contributed by atoms with Crippen molar-refractivity contribution in [3.05, 3.63) is 58.6 Å². The van der Waals surface area contributed by atoms with E-state index in [1.54, 1.807) is 33.8 Å². The van der Waals surface area contributed by atoms with Gasteiger partial charge in [0.1, 0.15) is 0 Å². The molecule has 2 aliphatic heterocycles. The molecule has 2 saturated heterocycles. The van der Waals surface area contributed by atoms with Crippen molar-refractivity contribution in [2.45, 2.75) is 49.8 Å². The molecule has 3 aromatic rings. The molecule has 3 heterocycles. The third-order valence-corrected chi connectivity index (χ3v) is 9.85. The topological polar surface area (TPSA) is 70.6 Å². The Hall–Kier alpha value is -2.29. The van der Waals surface area contributed by atoms with Gasteiger partial charge in [0.2, 0.25) is 10.0 Å². The summed E-state index contributed by atoms with van der Waals surface area (Å²) in [5.74, 6) is 0.120. The minimum atomic E-state index is -3.58. The first kappa shape index (κ1) is 22.5. The van der Waals surface area contributed by atoms with E-state index in [-0.39, 0.29) is 16.7 Å². The fourth-order valence-electron chi connectivity index (χ4n) is 4.84. The van der Waals surface area contributed by atoms with Gasteiger partial charge in [0.25, 0.3) is 5.91 Å². The second kappa shape index (κ2) is 9.16. The maximum absolute atomic E-state index is 13.5. The van der Waals surface area contributed by atoms with Gasteiger partial charge in [-0.3, -0.25) is 4.79 Å². The molecular weight excluding hydrogens is 454 g/mol. The SMILES string of the molecule is Cc1ccc(S(=O)(=O)N2CCCCC2)cc1C(=O)N1CCC[C@H](c2nc3ccccc3s2)C1. The number of sulfonamides is 1. The van der Waals surface area contributed by atoms with Crippen LogP contribution in [0, 0.1) is 6.92 Å². The van der Waals surface area contributed by atoms with Crippen molar-refractivity contribution < 1.29 is 13.2 Å². The summed E-state index contributed by atoms with van der Waals surface area (Å²) in [5.41, 5.74) is 2.30. The summed E-state index contributed by atoms with van der Waals surface area (Å²) in [5, 5.41) is 1.08. The summed E-state index contributed by atoms with van der Waals surface area (Å²) < 4.78 is 29.1. The fourth-order valence-corrected chi connectivity index (χ4v) is 7.48. The molecule has 1 aromatic heterocycles. The van der Waals surface area contributed by atoms with Crippen LogP contribution < -0.4 is 0 Å². The van der Waals surface area contributed by atoms with Crippen molar-refractivity contribution in [1.82, 2.24) is 14.2 Å². The van der Waals surface area contributed by atoms with Crippen LogP contribution in [0.2, 0.25) is 0 Å². The predicted octanol–water partition coefficient (Wildman–Crippen LogP) is 4.80. The predicted molar refractivity (Wildman–Crippen MR) is 131 cm³/mol. The summed E-state index contributed by atoms with van der Waals surface area (Å²) in [6, 6.07) is 13.1. The number of piperidine rings is 2. The van der Waals surface area contributed by atoms with E-state index < -0.39 is 10.0 Å². The number of para-hydroxylation sites is 1. The van der Waals surface area contributed by atoms with Gasteiger partial charge in [-0.05, 0) is 62.4 Å². The van der Waals surface area contributed by atoms with Gasteiger partial charge >= 0.3 is 0 Å². The highest BCUT2D eigenvalue weighted by Crippen LogP contribution is 2.34. The molecule has 0 radical (unpaired) electrons. The summed E-state index contributed by atoms with van der Waals surface area (Å²) in [6.07, 6.45) is 4.76. The molecule has 0 spiro atoms. The lowest BCUT2D eigenvalue weighted by atomic mass is 9.97. The zero-order valence-corrected chi connectivity index (χ0v) is 20.5. The van der Waals surface area contributed by atoms with Crippen molar-refractivity contribution in [1.29, 1.82) is 0 Å². The van der Waals surface area contributed by atoms with Crippen molar-refractivity contribution in [2.75, 3.05) is 26.2 Å². The number of fused-ring (bicyclic) bond motifs is 1. The number of hydrogen-bond donors (Lipinski definition) is 0. The number of carbonyl (C=O) groups is 1. The molecule has 2 aliphatic rings. The highest BCUT2D eigenvalue weighted by molar-refractivity contribution is 7.89. The van der Waals surface area contributed by atoms with Crippen LogP contribution in [-0.4, -0.2) is 54.7 Å². The standard InChI is InChI=1S/C25H29N3O3S2/c1-18-11-12-20(33(30,31)28-14-5-2-6-15-28)16-21(18)25(29)27-13-7-8-19(17-27)24-26-22-9-3-4-10-23(22)32-24/h3-4,9-12,16,19H,2,5-8,13-15,17H2,1H3/t19-/m0/s1. The number of aryl methyl sites for hydroxylation is 1. The van der Waals surface area contributed by atoms with Gasteiger partial charge in [0.15, 0.2) is 0 Å². The summed E-state index contributed by atoms with van der Waals surface area (Å²) in [4.78, 5) is 20.4. The first-order valence-electron chi connectivity index (χ1n) is 11.7. The number of benzene rings is 2. The van der Waals surface area contributed by atoms with Gasteiger partial charge in [-0.15, -0.1) is 11.3 Å². The van der Waals surface area contributed by atoms with Crippen molar-refractivity contribution in [3.63, 3.8) is 0 Å². The van der Waals surface area contributed by atoms with Crippen molar-refractivity contribution in [3.8, 4) is 0 Å². The molecule has 8 heteroatoms. The zero-order chi connectivity index (χ0) is 23.0. The van der Waals surface area contributed by atoms with Crippen LogP contribution in [0.5, 0.6) is 0 Å². The number of thiazole rings is 1. The normalized spacial score (nSPS) is 20.3. The Balaban J connectivity index is 1.38. The first-order valence-corrected chi connectivity index (χ1v) is 13.9. The molecule has 174 valence electrons. The van der Waals surface area contributed by atoms with Crippen LogP contribution in [0.25, 0.3) is 10.2 Å². The summed E-state index contributed by atoms with van der Waals surface area (Å²) in [6.45, 7) is 4.27. The number of amides is 1. The summed E-state index contributed by atoms with van der Waals surface area (Å²) >= 11 is 1.70. The monoisotopic (exact) mass is 483 g/mol. The molecule has 0 unspecified atom stereocenters. The molecule has 2 fully saturated rings. The average Bonchev–Trinajstić information content (AvgIpc) is 3.29. The molecule has 2 aromatic carbocycles. The molecule has 1 amide bonds. The largest absolute Gasteiger partial charge is 0.338 e. The molecule has 33 heavy (non-hydrogen) atoms. The molecule has 0 saturated carbocycles. The highest BCUT2D eigenvalue weighted by Gasteiger charge is 2.30. The Labute approximate surface area is 199 Å². The molecule has 0 bridgehead atoms. The van der Waals surface area contributed by atoms with Crippen LogP contribution >= 0.6 is 11.3 Å². The van der Waals surface area contributed by atoms with Gasteiger partial charge in [0, 0.05) is 37.7 Å². The maximum atomic E-state index is 13.5. The van der Waals surface area contributed by atoms with Gasteiger partial charge in [-0.1, -0.05) is 24.6 Å². The van der Waals surface area contributed by atoms with E-state index in [9.17, 15) is 13.2 Å². The van der Waals surface area contributed by atoms with E-state index in [1.807, 2.05) is 30.0 Å². The lowest BCUT2D eigenvalue weighted by molar-refractivity contribution is 0.0706. The van der Waals surface area contributed by atoms with Crippen LogP contribution in [0.3, 0.4) is 0 Å². The molecule has 5 rings (SSSR count). The molecule has 6 nitrogen and oxygen atoms in total. The van der Waals surface area contributed by atoms with Crippen LogP contribution in [0.4, 0.5) is 0 Å². The number of nitrogens with zero attached hydrogens (tertiary/aromatic N) is 3. The van der Waals surface area contributed by atoms with E-state index in [0.717, 1.165) is 48.2 Å². The van der Waals surface area contributed by atoms with E-state index in [2.05, 4.69) is 6.07 Å². The quantitative estimate of drug-likeness (QED) is 0.535. The first-order chi connectivity index (χ1) is 15.9. The number of rotatable bonds is 4. The third kappa shape index (κ3) is 4.44. The minimum Gasteiger partial charge on any atom is -0.338 e. The van der Waals surface area contributed by atoms with E-state index in [1.165, 1.54) is 4.70 Å². The molecule has 0 aliphatic carbocycles. The fraction of sp³-hybridized carbons (Fsp3) is 0.440. The minimum absolute atomic E-state index is 0.0889. The van der Waals surface area contributed by atoms with E-state index >= 15 is 0 Å². The Morgan fingerprint density at radius 3 is 2.61 bits per heavy atom. The van der Waals surface area contributed by atoms with Crippen LogP contribution in [-0.2, 0) is 10.0 Å². The summed E-state index contributed by atoms with van der Waals surface area (Å²) in [7, 11) is -3.58. The number of aromatic nitrogens is 1. The smallest absolute Gasteiger partial charge is 0.254 e. The number of carbonyl (C=O) groups excluding carboxylic acids is 1. The molecular formula is C25H29N3O3S2. The third-order valence-electron chi connectivity index (χ3n) is 6.76. The van der Waals surface area contributed by atoms with Crippen molar-refractivity contribution in [2.24, 2.45) is 0 Å². The Bertz CT molecular complexity index is 1250. The van der Waals surface area contributed by atoms with Crippen LogP contribution in [0.1, 0.15) is 59.0 Å². The lowest BCUT2D eigenvalue weighted by Gasteiger charge is -2.32. The lowest BCUT2D eigenvalue weighted by Crippen LogP contribution is -2.39. The van der Waals surface area contributed by atoms with E-state index in [4.69, 9.17) is 4.98 Å². The Morgan fingerprint density at radius 2 is 1.82 bits per heavy atom.